The highest BCUT2D eigenvalue weighted by molar-refractivity contribution is 9.10. The number of nitriles is 1. The molecule has 0 saturated heterocycles. The van der Waals surface area contributed by atoms with E-state index in [-0.39, 0.29) is 4.60 Å². The molecule has 1 N–H and O–H groups in total. The molecule has 8 heteroatoms. The topological polar surface area (TPSA) is 65.9 Å². The molecule has 1 aromatic heterocycles. The van der Waals surface area contributed by atoms with E-state index in [4.69, 9.17) is 5.26 Å². The van der Waals surface area contributed by atoms with Crippen LogP contribution in [0.5, 0.6) is 5.75 Å². The molecule has 0 aliphatic rings. The van der Waals surface area contributed by atoms with Crippen molar-refractivity contribution < 1.29 is 17.9 Å². The minimum absolute atomic E-state index is 0.156. The van der Waals surface area contributed by atoms with Gasteiger partial charge in [0.05, 0.1) is 0 Å². The Morgan fingerprint density at radius 2 is 2.13 bits per heavy atom. The summed E-state index contributed by atoms with van der Waals surface area (Å²) in [7, 11) is 0. The van der Waals surface area contributed by atoms with Crippen LogP contribution in [0.2, 0.25) is 0 Å². The van der Waals surface area contributed by atoms with E-state index in [0.29, 0.717) is 6.07 Å². The lowest BCUT2D eigenvalue weighted by Gasteiger charge is -2.09. The van der Waals surface area contributed by atoms with Crippen LogP contribution in [0.3, 0.4) is 0 Å². The number of hydrogen-bond acceptors (Lipinski definition) is 3. The number of pyridine rings is 1. The third-order valence-corrected chi connectivity index (χ3v) is 1.89. The van der Waals surface area contributed by atoms with Gasteiger partial charge in [-0.25, -0.2) is 0 Å². The molecule has 0 radical (unpaired) electrons. The number of H-pyrrole nitrogens is 1. The third-order valence-electron chi connectivity index (χ3n) is 1.30. The van der Waals surface area contributed by atoms with E-state index < -0.39 is 23.2 Å². The third kappa shape index (κ3) is 2.99. The van der Waals surface area contributed by atoms with Gasteiger partial charge in [-0.2, -0.15) is 5.26 Å². The number of rotatable bonds is 1. The maximum Gasteiger partial charge on any atom is 0.573 e. The molecule has 0 unspecified atom stereocenters. The molecule has 1 aromatic rings. The van der Waals surface area contributed by atoms with E-state index in [1.807, 2.05) is 0 Å². The van der Waals surface area contributed by atoms with E-state index in [1.165, 1.54) is 6.07 Å². The van der Waals surface area contributed by atoms with Crippen LogP contribution < -0.4 is 10.3 Å². The summed E-state index contributed by atoms with van der Waals surface area (Å²) < 4.78 is 38.9. The first-order valence-corrected chi connectivity index (χ1v) is 4.21. The van der Waals surface area contributed by atoms with Crippen LogP contribution in [0.25, 0.3) is 0 Å². The maximum atomic E-state index is 11.9. The summed E-state index contributed by atoms with van der Waals surface area (Å²) >= 11 is 2.74. The van der Waals surface area contributed by atoms with Crippen LogP contribution >= 0.6 is 15.9 Å². The predicted octanol–water partition coefficient (Wildman–Crippen LogP) is 1.91. The van der Waals surface area contributed by atoms with Gasteiger partial charge in [0.2, 0.25) is 0 Å². The summed E-state index contributed by atoms with van der Waals surface area (Å²) in [5.41, 5.74) is -1.23. The van der Waals surface area contributed by atoms with Gasteiger partial charge >= 0.3 is 6.36 Å². The van der Waals surface area contributed by atoms with Crippen molar-refractivity contribution in [3.63, 3.8) is 0 Å². The van der Waals surface area contributed by atoms with Crippen molar-refractivity contribution in [2.75, 3.05) is 0 Å². The molecule has 1 heterocycles. The SMILES string of the molecule is N#Cc1c(OC(F)(F)F)cc(=O)[nH]c1Br. The Morgan fingerprint density at radius 1 is 1.53 bits per heavy atom. The molecule has 80 valence electrons. The second-order valence-corrected chi connectivity index (χ2v) is 3.14. The molecule has 0 fully saturated rings. The summed E-state index contributed by atoms with van der Waals surface area (Å²) in [5.74, 6) is -0.833. The van der Waals surface area contributed by atoms with Gasteiger partial charge in [-0.3, -0.25) is 4.79 Å². The quantitative estimate of drug-likeness (QED) is 0.800. The molecule has 0 amide bonds. The van der Waals surface area contributed by atoms with Gasteiger partial charge in [-0.1, -0.05) is 0 Å². The normalized spacial score (nSPS) is 10.9. The van der Waals surface area contributed by atoms with Crippen LogP contribution in [0.15, 0.2) is 15.5 Å². The fourth-order valence-corrected chi connectivity index (χ4v) is 1.29. The standard InChI is InChI=1S/C7H2BrF3N2O2/c8-6-3(2-12)4(1-5(14)13-6)15-7(9,10)11/h1H,(H,13,14). The van der Waals surface area contributed by atoms with Crippen molar-refractivity contribution in [1.29, 1.82) is 5.26 Å². The van der Waals surface area contributed by atoms with E-state index in [1.54, 1.807) is 0 Å². The minimum Gasteiger partial charge on any atom is -0.404 e. The van der Waals surface area contributed by atoms with Crippen molar-refractivity contribution in [1.82, 2.24) is 4.98 Å². The lowest BCUT2D eigenvalue weighted by Crippen LogP contribution is -2.20. The summed E-state index contributed by atoms with van der Waals surface area (Å²) in [6, 6.07) is 2.02. The van der Waals surface area contributed by atoms with E-state index in [2.05, 4.69) is 25.7 Å². The molecular weight excluding hydrogens is 281 g/mol. The van der Waals surface area contributed by atoms with Crippen molar-refractivity contribution in [3.8, 4) is 11.8 Å². The summed E-state index contributed by atoms with van der Waals surface area (Å²) in [6.07, 6.45) is -4.95. The number of halogens is 4. The molecular formula is C7H2BrF3N2O2. The average Bonchev–Trinajstić information content (AvgIpc) is 1.99. The first kappa shape index (κ1) is 11.6. The number of ether oxygens (including phenoxy) is 1. The minimum atomic E-state index is -4.95. The Hall–Kier alpha value is -1.49. The van der Waals surface area contributed by atoms with Crippen molar-refractivity contribution in [2.24, 2.45) is 0 Å². The Morgan fingerprint density at radius 3 is 2.60 bits per heavy atom. The van der Waals surface area contributed by atoms with Crippen LogP contribution in [0.1, 0.15) is 5.56 Å². The highest BCUT2D eigenvalue weighted by Crippen LogP contribution is 2.27. The average molecular weight is 283 g/mol. The van der Waals surface area contributed by atoms with Crippen molar-refractivity contribution >= 4 is 15.9 Å². The maximum absolute atomic E-state index is 11.9. The predicted molar refractivity (Wildman–Crippen MR) is 46.2 cm³/mol. The molecule has 0 atom stereocenters. The van der Waals surface area contributed by atoms with Crippen molar-refractivity contribution in [2.45, 2.75) is 6.36 Å². The number of alkyl halides is 3. The molecule has 0 saturated carbocycles. The van der Waals surface area contributed by atoms with E-state index >= 15 is 0 Å². The largest absolute Gasteiger partial charge is 0.573 e. The van der Waals surface area contributed by atoms with Crippen LogP contribution in [-0.2, 0) is 0 Å². The van der Waals surface area contributed by atoms with Gasteiger partial charge < -0.3 is 9.72 Å². The lowest BCUT2D eigenvalue weighted by atomic mass is 10.3. The number of nitrogens with one attached hydrogen (secondary N) is 1. The van der Waals surface area contributed by atoms with Crippen LogP contribution in [0.4, 0.5) is 13.2 Å². The number of hydrogen-bond donors (Lipinski definition) is 1. The molecule has 1 rings (SSSR count). The first-order chi connectivity index (χ1) is 6.83. The monoisotopic (exact) mass is 282 g/mol. The highest BCUT2D eigenvalue weighted by Gasteiger charge is 2.32. The Kier molecular flexibility index (Phi) is 3.04. The summed E-state index contributed by atoms with van der Waals surface area (Å²) in [5, 5.41) is 8.54. The zero-order valence-corrected chi connectivity index (χ0v) is 8.44. The molecule has 0 aliphatic carbocycles. The molecule has 15 heavy (non-hydrogen) atoms. The number of aromatic nitrogens is 1. The zero-order chi connectivity index (χ0) is 11.6. The molecule has 0 spiro atoms. The van der Waals surface area contributed by atoms with E-state index in [0.717, 1.165) is 0 Å². The lowest BCUT2D eigenvalue weighted by molar-refractivity contribution is -0.274. The molecule has 4 nitrogen and oxygen atoms in total. The molecule has 0 aromatic carbocycles. The smallest absolute Gasteiger partial charge is 0.404 e. The Labute approximate surface area is 89.4 Å². The van der Waals surface area contributed by atoms with Crippen molar-refractivity contribution in [3.05, 3.63) is 26.6 Å². The van der Waals surface area contributed by atoms with Gasteiger partial charge in [0.1, 0.15) is 16.2 Å². The Bertz CT molecular complexity index is 475. The van der Waals surface area contributed by atoms with Crippen LogP contribution in [0, 0.1) is 11.3 Å². The highest BCUT2D eigenvalue weighted by atomic mass is 79.9. The fourth-order valence-electron chi connectivity index (χ4n) is 0.815. The van der Waals surface area contributed by atoms with Gasteiger partial charge in [0.25, 0.3) is 5.56 Å². The molecule has 0 bridgehead atoms. The fraction of sp³-hybridized carbons (Fsp3) is 0.143. The summed E-state index contributed by atoms with van der Waals surface area (Å²) in [4.78, 5) is 12.9. The first-order valence-electron chi connectivity index (χ1n) is 3.42. The van der Waals surface area contributed by atoms with Gasteiger partial charge in [-0.05, 0) is 15.9 Å². The summed E-state index contributed by atoms with van der Waals surface area (Å²) in [6.45, 7) is 0. The zero-order valence-electron chi connectivity index (χ0n) is 6.85. The van der Waals surface area contributed by atoms with Gasteiger partial charge in [0, 0.05) is 6.07 Å². The van der Waals surface area contributed by atoms with Crippen LogP contribution in [-0.4, -0.2) is 11.3 Å². The second kappa shape index (κ2) is 3.94. The Balaban J connectivity index is 3.29. The van der Waals surface area contributed by atoms with Gasteiger partial charge in [0.15, 0.2) is 5.75 Å². The second-order valence-electron chi connectivity index (χ2n) is 2.35. The number of nitrogens with zero attached hydrogens (tertiary/aromatic N) is 1. The van der Waals surface area contributed by atoms with E-state index in [9.17, 15) is 18.0 Å². The molecule has 0 aliphatic heterocycles. The number of aromatic amines is 1. The van der Waals surface area contributed by atoms with Gasteiger partial charge in [-0.15, -0.1) is 13.2 Å².